The van der Waals surface area contributed by atoms with Crippen LogP contribution in [0.4, 0.5) is 20.2 Å². The quantitative estimate of drug-likeness (QED) is 0.514. The van der Waals surface area contributed by atoms with E-state index in [9.17, 15) is 18.9 Å². The van der Waals surface area contributed by atoms with E-state index >= 15 is 0 Å². The molecule has 0 fully saturated rings. The van der Waals surface area contributed by atoms with Gasteiger partial charge in [0.25, 0.3) is 5.69 Å². The van der Waals surface area contributed by atoms with Gasteiger partial charge in [-0.2, -0.15) is 0 Å². The topological polar surface area (TPSA) is 55.2 Å². The van der Waals surface area contributed by atoms with Crippen molar-refractivity contribution in [3.8, 4) is 0 Å². The molecule has 0 radical (unpaired) electrons. The van der Waals surface area contributed by atoms with Gasteiger partial charge in [0.1, 0.15) is 5.82 Å². The Hall–Kier alpha value is -2.80. The van der Waals surface area contributed by atoms with Crippen LogP contribution in [0.1, 0.15) is 16.5 Å². The van der Waals surface area contributed by atoms with Gasteiger partial charge in [-0.1, -0.05) is 18.2 Å². The van der Waals surface area contributed by atoms with Crippen molar-refractivity contribution >= 4 is 22.7 Å². The molecule has 0 saturated heterocycles. The summed E-state index contributed by atoms with van der Waals surface area (Å²) in [5, 5.41) is 15.6. The van der Waals surface area contributed by atoms with Crippen molar-refractivity contribution in [2.75, 3.05) is 5.32 Å². The second-order valence-corrected chi connectivity index (χ2v) is 6.04. The molecule has 0 spiro atoms. The molecule has 0 unspecified atom stereocenters. The first kappa shape index (κ1) is 16.1. The molecule has 1 N–H and O–H groups in total. The predicted molar refractivity (Wildman–Crippen MR) is 89.2 cm³/mol. The van der Waals surface area contributed by atoms with Crippen LogP contribution in [0.2, 0.25) is 0 Å². The van der Waals surface area contributed by atoms with Crippen molar-refractivity contribution in [3.05, 3.63) is 92.2 Å². The molecule has 7 heteroatoms. The van der Waals surface area contributed by atoms with Gasteiger partial charge in [-0.25, -0.2) is 8.78 Å². The highest BCUT2D eigenvalue weighted by Crippen LogP contribution is 2.31. The molecule has 2 aromatic carbocycles. The predicted octanol–water partition coefficient (Wildman–Crippen LogP) is 5.14. The van der Waals surface area contributed by atoms with Crippen molar-refractivity contribution in [2.45, 2.75) is 6.04 Å². The number of halogens is 2. The summed E-state index contributed by atoms with van der Waals surface area (Å²) in [6.07, 6.45) is 0. The number of nitro groups is 1. The van der Waals surface area contributed by atoms with E-state index in [1.807, 2.05) is 17.5 Å². The Morgan fingerprint density at radius 1 is 1.08 bits per heavy atom. The fourth-order valence-electron chi connectivity index (χ4n) is 2.32. The maximum atomic E-state index is 14.2. The Bertz CT molecular complexity index is 852. The first-order chi connectivity index (χ1) is 11.5. The average molecular weight is 346 g/mol. The highest BCUT2D eigenvalue weighted by molar-refractivity contribution is 7.10. The van der Waals surface area contributed by atoms with Gasteiger partial charge in [-0.15, -0.1) is 11.3 Å². The lowest BCUT2D eigenvalue weighted by Crippen LogP contribution is -2.12. The van der Waals surface area contributed by atoms with Crippen molar-refractivity contribution in [1.29, 1.82) is 0 Å². The number of benzene rings is 2. The molecule has 0 bridgehead atoms. The SMILES string of the molecule is O=[N+]([O-])c1ccc(N[C@@H](c2ccc(F)cc2)c2cccs2)c(F)c1. The van der Waals surface area contributed by atoms with Crippen LogP contribution >= 0.6 is 11.3 Å². The number of anilines is 1. The summed E-state index contributed by atoms with van der Waals surface area (Å²) in [6, 6.07) is 12.7. The molecule has 24 heavy (non-hydrogen) atoms. The van der Waals surface area contributed by atoms with Crippen LogP contribution in [0.5, 0.6) is 0 Å². The first-order valence-corrected chi connectivity index (χ1v) is 7.92. The van der Waals surface area contributed by atoms with Crippen molar-refractivity contribution < 1.29 is 13.7 Å². The normalized spacial score (nSPS) is 11.9. The number of non-ortho nitro benzene ring substituents is 1. The number of hydrogen-bond donors (Lipinski definition) is 1. The first-order valence-electron chi connectivity index (χ1n) is 7.04. The summed E-state index contributed by atoms with van der Waals surface area (Å²) in [7, 11) is 0. The zero-order chi connectivity index (χ0) is 17.1. The van der Waals surface area contributed by atoms with Gasteiger partial charge in [0.15, 0.2) is 5.82 Å². The second-order valence-electron chi connectivity index (χ2n) is 5.07. The average Bonchev–Trinajstić information content (AvgIpc) is 3.09. The molecule has 3 aromatic rings. The largest absolute Gasteiger partial charge is 0.371 e. The minimum Gasteiger partial charge on any atom is -0.371 e. The Labute approximate surface area is 140 Å². The molecular formula is C17H12F2N2O2S. The van der Waals surface area contributed by atoms with Crippen LogP contribution in [-0.2, 0) is 0 Å². The third-order valence-electron chi connectivity index (χ3n) is 3.49. The third-order valence-corrected chi connectivity index (χ3v) is 4.43. The van der Waals surface area contributed by atoms with E-state index in [2.05, 4.69) is 5.32 Å². The summed E-state index contributed by atoms with van der Waals surface area (Å²) in [6.45, 7) is 0. The zero-order valence-corrected chi connectivity index (χ0v) is 13.1. The van der Waals surface area contributed by atoms with E-state index in [0.717, 1.165) is 16.5 Å². The lowest BCUT2D eigenvalue weighted by atomic mass is 10.0. The van der Waals surface area contributed by atoms with Crippen molar-refractivity contribution in [1.82, 2.24) is 0 Å². The molecule has 0 amide bonds. The molecule has 4 nitrogen and oxygen atoms in total. The fraction of sp³-hybridized carbons (Fsp3) is 0.0588. The summed E-state index contributed by atoms with van der Waals surface area (Å²) in [5.74, 6) is -1.07. The second kappa shape index (κ2) is 6.76. The summed E-state index contributed by atoms with van der Waals surface area (Å²) < 4.78 is 27.3. The van der Waals surface area contributed by atoms with Gasteiger partial charge in [-0.3, -0.25) is 10.1 Å². The monoisotopic (exact) mass is 346 g/mol. The van der Waals surface area contributed by atoms with Gasteiger partial charge in [0.2, 0.25) is 0 Å². The highest BCUT2D eigenvalue weighted by atomic mass is 32.1. The standard InChI is InChI=1S/C17H12F2N2O2S/c18-12-5-3-11(4-6-12)17(16-2-1-9-24-16)20-15-8-7-13(21(22)23)10-14(15)19/h1-10,17,20H/t17-/m0/s1. The molecule has 1 heterocycles. The molecule has 1 atom stereocenters. The van der Waals surface area contributed by atoms with Gasteiger partial charge < -0.3 is 5.32 Å². The zero-order valence-electron chi connectivity index (χ0n) is 12.3. The van der Waals surface area contributed by atoms with E-state index in [4.69, 9.17) is 0 Å². The molecule has 3 rings (SSSR count). The smallest absolute Gasteiger partial charge is 0.272 e. The van der Waals surface area contributed by atoms with Crippen molar-refractivity contribution in [3.63, 3.8) is 0 Å². The summed E-state index contributed by atoms with van der Waals surface area (Å²) in [5.41, 5.74) is 0.590. The fourth-order valence-corrected chi connectivity index (χ4v) is 3.12. The lowest BCUT2D eigenvalue weighted by molar-refractivity contribution is -0.385. The summed E-state index contributed by atoms with van der Waals surface area (Å²) >= 11 is 1.48. The Balaban J connectivity index is 1.96. The molecule has 1 aromatic heterocycles. The number of rotatable bonds is 5. The van der Waals surface area contributed by atoms with Crippen LogP contribution in [0.25, 0.3) is 0 Å². The molecule has 0 aliphatic rings. The van der Waals surface area contributed by atoms with Crippen molar-refractivity contribution in [2.24, 2.45) is 0 Å². The van der Waals surface area contributed by atoms with Crippen LogP contribution < -0.4 is 5.32 Å². The number of thiophene rings is 1. The molecule has 122 valence electrons. The van der Waals surface area contributed by atoms with Gasteiger partial charge in [0.05, 0.1) is 22.7 Å². The van der Waals surface area contributed by atoms with Gasteiger partial charge in [-0.05, 0) is 35.2 Å². The number of nitrogens with zero attached hydrogens (tertiary/aromatic N) is 1. The van der Waals surface area contributed by atoms with Crippen LogP contribution in [0.15, 0.2) is 60.0 Å². The maximum Gasteiger partial charge on any atom is 0.272 e. The van der Waals surface area contributed by atoms with Gasteiger partial charge >= 0.3 is 0 Å². The van der Waals surface area contributed by atoms with E-state index < -0.39 is 10.7 Å². The molecular weight excluding hydrogens is 334 g/mol. The molecule has 0 aliphatic heterocycles. The molecule has 0 aliphatic carbocycles. The number of hydrogen-bond acceptors (Lipinski definition) is 4. The van der Waals surface area contributed by atoms with E-state index in [1.54, 1.807) is 12.1 Å². The Morgan fingerprint density at radius 2 is 1.83 bits per heavy atom. The minimum absolute atomic E-state index is 0.142. The number of nitro benzene ring substituents is 1. The Kier molecular flexibility index (Phi) is 4.52. The lowest BCUT2D eigenvalue weighted by Gasteiger charge is -2.19. The van der Waals surface area contributed by atoms with Crippen LogP contribution in [-0.4, -0.2) is 4.92 Å². The third kappa shape index (κ3) is 3.41. The Morgan fingerprint density at radius 3 is 2.42 bits per heavy atom. The highest BCUT2D eigenvalue weighted by Gasteiger charge is 2.18. The van der Waals surface area contributed by atoms with E-state index in [0.29, 0.717) is 0 Å². The summed E-state index contributed by atoms with van der Waals surface area (Å²) in [4.78, 5) is 11.0. The molecule has 0 saturated carbocycles. The minimum atomic E-state index is -0.715. The number of nitrogens with one attached hydrogen (secondary N) is 1. The van der Waals surface area contributed by atoms with E-state index in [-0.39, 0.29) is 23.2 Å². The van der Waals surface area contributed by atoms with E-state index in [1.165, 1.54) is 35.6 Å². The maximum absolute atomic E-state index is 14.2. The van der Waals surface area contributed by atoms with Gasteiger partial charge in [0, 0.05) is 10.9 Å². The van der Waals surface area contributed by atoms with Crippen LogP contribution in [0, 0.1) is 21.7 Å². The van der Waals surface area contributed by atoms with Crippen LogP contribution in [0.3, 0.4) is 0 Å².